The third-order valence-electron chi connectivity index (χ3n) is 0.980. The van der Waals surface area contributed by atoms with Crippen molar-refractivity contribution in [3.05, 3.63) is 36.1 Å². The van der Waals surface area contributed by atoms with E-state index in [1.807, 2.05) is 0 Å². The van der Waals surface area contributed by atoms with Gasteiger partial charge in [0.05, 0.1) is 0 Å². The SMILES string of the molecule is CCC(=O)O.Fc1cc[c-]cc1.[K+]. The second kappa shape index (κ2) is 10.3. The Balaban J connectivity index is 0. The first-order chi connectivity index (χ1) is 5.66. The number of halogens is 1. The van der Waals surface area contributed by atoms with Gasteiger partial charge in [-0.15, -0.1) is 12.1 Å². The van der Waals surface area contributed by atoms with Gasteiger partial charge in [0.2, 0.25) is 0 Å². The van der Waals surface area contributed by atoms with Crippen LogP contribution in [0, 0.1) is 11.9 Å². The number of rotatable bonds is 1. The molecule has 0 saturated heterocycles. The molecule has 0 bridgehead atoms. The van der Waals surface area contributed by atoms with Gasteiger partial charge < -0.3 is 5.11 Å². The Morgan fingerprint density at radius 2 is 1.92 bits per heavy atom. The van der Waals surface area contributed by atoms with Crippen LogP contribution in [0.5, 0.6) is 0 Å². The van der Waals surface area contributed by atoms with E-state index < -0.39 is 5.97 Å². The Labute approximate surface area is 120 Å². The van der Waals surface area contributed by atoms with Gasteiger partial charge in [-0.2, -0.15) is 18.2 Å². The molecule has 1 N–H and O–H groups in total. The molecule has 0 heterocycles. The summed E-state index contributed by atoms with van der Waals surface area (Å²) in [6.45, 7) is 1.60. The summed E-state index contributed by atoms with van der Waals surface area (Å²) in [7, 11) is 0. The van der Waals surface area contributed by atoms with Crippen molar-refractivity contribution < 1.29 is 65.7 Å². The van der Waals surface area contributed by atoms with Crippen LogP contribution >= 0.6 is 0 Å². The predicted molar refractivity (Wildman–Crippen MR) is 43.2 cm³/mol. The molecule has 2 nitrogen and oxygen atoms in total. The van der Waals surface area contributed by atoms with Crippen LogP contribution in [0.1, 0.15) is 13.3 Å². The van der Waals surface area contributed by atoms with E-state index in [9.17, 15) is 9.18 Å². The average molecular weight is 208 g/mol. The second-order valence-corrected chi connectivity index (χ2v) is 1.97. The van der Waals surface area contributed by atoms with Crippen molar-refractivity contribution >= 4 is 5.97 Å². The topological polar surface area (TPSA) is 37.3 Å². The van der Waals surface area contributed by atoms with Crippen LogP contribution in [-0.2, 0) is 4.79 Å². The van der Waals surface area contributed by atoms with Crippen LogP contribution in [0.15, 0.2) is 24.3 Å². The molecule has 4 heteroatoms. The maximum atomic E-state index is 11.9. The summed E-state index contributed by atoms with van der Waals surface area (Å²) >= 11 is 0. The van der Waals surface area contributed by atoms with Crippen molar-refractivity contribution in [1.82, 2.24) is 0 Å². The fraction of sp³-hybridized carbons (Fsp3) is 0.222. The van der Waals surface area contributed by atoms with Gasteiger partial charge in [0.25, 0.3) is 0 Å². The third-order valence-corrected chi connectivity index (χ3v) is 0.980. The zero-order valence-corrected chi connectivity index (χ0v) is 10.9. The molecule has 66 valence electrons. The normalized spacial score (nSPS) is 7.54. The Bertz CT molecular complexity index is 226. The van der Waals surface area contributed by atoms with Gasteiger partial charge in [-0.05, 0) is 0 Å². The smallest absolute Gasteiger partial charge is 0.481 e. The van der Waals surface area contributed by atoms with Gasteiger partial charge in [-0.3, -0.25) is 4.79 Å². The van der Waals surface area contributed by atoms with Crippen molar-refractivity contribution in [2.75, 3.05) is 0 Å². The fourth-order valence-corrected chi connectivity index (χ4v) is 0.367. The maximum absolute atomic E-state index is 11.9. The summed E-state index contributed by atoms with van der Waals surface area (Å²) in [5.41, 5.74) is 0. The summed E-state index contributed by atoms with van der Waals surface area (Å²) < 4.78 is 11.9. The van der Waals surface area contributed by atoms with Crippen molar-refractivity contribution in [1.29, 1.82) is 0 Å². The molecule has 1 rings (SSSR count). The van der Waals surface area contributed by atoms with E-state index >= 15 is 0 Å². The zero-order valence-electron chi connectivity index (χ0n) is 7.75. The van der Waals surface area contributed by atoms with Crippen LogP contribution in [-0.4, -0.2) is 11.1 Å². The van der Waals surface area contributed by atoms with Gasteiger partial charge in [-0.25, -0.2) is 4.39 Å². The molecule has 0 atom stereocenters. The first kappa shape index (κ1) is 15.7. The monoisotopic (exact) mass is 208 g/mol. The average Bonchev–Trinajstić information content (AvgIpc) is 2.07. The maximum Gasteiger partial charge on any atom is 1.00 e. The van der Waals surface area contributed by atoms with Gasteiger partial charge >= 0.3 is 57.4 Å². The number of benzene rings is 1. The number of aliphatic carboxylic acids is 1. The molecular weight excluding hydrogens is 198 g/mol. The van der Waals surface area contributed by atoms with E-state index in [1.54, 1.807) is 6.92 Å². The van der Waals surface area contributed by atoms with Crippen LogP contribution in [0.3, 0.4) is 0 Å². The zero-order chi connectivity index (χ0) is 9.40. The molecule has 0 unspecified atom stereocenters. The van der Waals surface area contributed by atoms with E-state index in [0.29, 0.717) is 0 Å². The molecule has 0 aliphatic heterocycles. The molecule has 0 aliphatic rings. The van der Waals surface area contributed by atoms with Gasteiger partial charge in [0.1, 0.15) is 0 Å². The van der Waals surface area contributed by atoms with Crippen LogP contribution < -0.4 is 51.4 Å². The van der Waals surface area contributed by atoms with Crippen molar-refractivity contribution in [3.8, 4) is 0 Å². The molecule has 0 amide bonds. The summed E-state index contributed by atoms with van der Waals surface area (Å²) in [4.78, 5) is 9.37. The van der Waals surface area contributed by atoms with Gasteiger partial charge in [0, 0.05) is 12.2 Å². The Morgan fingerprint density at radius 3 is 2.08 bits per heavy atom. The molecule has 1 aromatic carbocycles. The van der Waals surface area contributed by atoms with Gasteiger partial charge in [-0.1, -0.05) is 6.92 Å². The molecule has 0 saturated carbocycles. The fourth-order valence-electron chi connectivity index (χ4n) is 0.367. The summed E-state index contributed by atoms with van der Waals surface area (Å²) in [5.74, 6) is -0.955. The third kappa shape index (κ3) is 12.3. The molecule has 0 aromatic heterocycles. The van der Waals surface area contributed by atoms with Crippen molar-refractivity contribution in [3.63, 3.8) is 0 Å². The summed E-state index contributed by atoms with van der Waals surface area (Å²) in [5, 5.41) is 7.72. The Kier molecular flexibility index (Phi) is 12.5. The first-order valence-corrected chi connectivity index (χ1v) is 3.50. The molecule has 1 aromatic rings. The summed E-state index contributed by atoms with van der Waals surface area (Å²) in [6, 6.07) is 8.49. The number of carboxylic acids is 1. The minimum atomic E-state index is -0.745. The molecule has 0 aliphatic carbocycles. The van der Waals surface area contributed by atoms with E-state index in [0.717, 1.165) is 0 Å². The second-order valence-electron chi connectivity index (χ2n) is 1.97. The van der Waals surface area contributed by atoms with E-state index in [-0.39, 0.29) is 63.6 Å². The minimum Gasteiger partial charge on any atom is -0.481 e. The van der Waals surface area contributed by atoms with Crippen LogP contribution in [0.2, 0.25) is 0 Å². The Hall–Kier alpha value is 0.256. The quantitative estimate of drug-likeness (QED) is 0.480. The minimum absolute atomic E-state index is 0. The number of hydrogen-bond donors (Lipinski definition) is 1. The van der Waals surface area contributed by atoms with E-state index in [2.05, 4.69) is 6.07 Å². The summed E-state index contributed by atoms with van der Waals surface area (Å²) in [6.07, 6.45) is 0.222. The predicted octanol–water partition coefficient (Wildman–Crippen LogP) is -0.889. The van der Waals surface area contributed by atoms with Crippen LogP contribution in [0.4, 0.5) is 4.39 Å². The largest absolute Gasteiger partial charge is 1.00 e. The van der Waals surface area contributed by atoms with Gasteiger partial charge in [0.15, 0.2) is 0 Å². The number of carboxylic acid groups (broad SMARTS) is 1. The molecule has 0 spiro atoms. The first-order valence-electron chi connectivity index (χ1n) is 3.50. The number of hydrogen-bond acceptors (Lipinski definition) is 1. The van der Waals surface area contributed by atoms with E-state index in [1.165, 1.54) is 24.3 Å². The molecular formula is C9H10FKO2. The Morgan fingerprint density at radius 1 is 1.54 bits per heavy atom. The molecule has 0 radical (unpaired) electrons. The molecule has 13 heavy (non-hydrogen) atoms. The van der Waals surface area contributed by atoms with Crippen molar-refractivity contribution in [2.24, 2.45) is 0 Å². The molecule has 0 fully saturated rings. The van der Waals surface area contributed by atoms with Crippen LogP contribution in [0.25, 0.3) is 0 Å². The number of carbonyl (C=O) groups is 1. The van der Waals surface area contributed by atoms with Crippen molar-refractivity contribution in [2.45, 2.75) is 13.3 Å². The standard InChI is InChI=1S/C6H4F.C3H6O2.K/c7-6-4-2-1-3-5-6;1-2-3(4)5;/h2-5H;2H2,1H3,(H,4,5);/q-1;;+1. The van der Waals surface area contributed by atoms with E-state index in [4.69, 9.17) is 5.11 Å².